The normalized spacial score (nSPS) is 11.3. The van der Waals surface area contributed by atoms with Crippen molar-refractivity contribution in [2.45, 2.75) is 19.6 Å². The van der Waals surface area contributed by atoms with Crippen molar-refractivity contribution in [1.29, 1.82) is 5.26 Å². The minimum atomic E-state index is -0.779. The van der Waals surface area contributed by atoms with E-state index < -0.39 is 11.9 Å². The van der Waals surface area contributed by atoms with Gasteiger partial charge in [0.25, 0.3) is 11.8 Å². The summed E-state index contributed by atoms with van der Waals surface area (Å²) in [6, 6.07) is 22.3. The van der Waals surface area contributed by atoms with Crippen molar-refractivity contribution in [3.8, 4) is 17.6 Å². The third-order valence-corrected chi connectivity index (χ3v) is 4.89. The van der Waals surface area contributed by atoms with Gasteiger partial charge in [0, 0.05) is 11.1 Å². The Morgan fingerprint density at radius 3 is 2.38 bits per heavy atom. The lowest BCUT2D eigenvalue weighted by Gasteiger charge is -2.12. The van der Waals surface area contributed by atoms with Crippen LogP contribution in [0.15, 0.2) is 77.9 Å². The molecule has 0 fully saturated rings. The van der Waals surface area contributed by atoms with Crippen LogP contribution in [0.1, 0.15) is 34.0 Å². The Kier molecular flexibility index (Phi) is 8.36. The predicted molar refractivity (Wildman–Crippen MR) is 128 cm³/mol. The first-order chi connectivity index (χ1) is 16.5. The molecule has 0 aromatic heterocycles. The molecule has 172 valence electrons. The highest BCUT2D eigenvalue weighted by atomic mass is 16.5. The summed E-state index contributed by atoms with van der Waals surface area (Å²) in [5, 5.41) is 15.7. The Hall–Kier alpha value is -4.64. The van der Waals surface area contributed by atoms with Crippen LogP contribution in [0.4, 0.5) is 0 Å². The van der Waals surface area contributed by atoms with E-state index in [1.807, 2.05) is 18.2 Å². The second kappa shape index (κ2) is 11.8. The molecule has 8 nitrogen and oxygen atoms in total. The summed E-state index contributed by atoms with van der Waals surface area (Å²) in [6.45, 7) is 1.86. The molecule has 1 atom stereocenters. The number of nitrogens with zero attached hydrogens (tertiary/aromatic N) is 2. The molecular formula is C26H24N4O4. The number of nitrogens with one attached hydrogen (secondary N) is 2. The third kappa shape index (κ3) is 6.68. The van der Waals surface area contributed by atoms with Crippen LogP contribution in [-0.4, -0.2) is 31.2 Å². The average Bonchev–Trinajstić information content (AvgIpc) is 2.88. The lowest BCUT2D eigenvalue weighted by Crippen LogP contribution is -2.43. The minimum Gasteiger partial charge on any atom is -0.497 e. The molecule has 1 unspecified atom stereocenters. The zero-order valence-electron chi connectivity index (χ0n) is 18.8. The Morgan fingerprint density at radius 1 is 1.03 bits per heavy atom. The van der Waals surface area contributed by atoms with Crippen LogP contribution in [-0.2, 0) is 11.4 Å². The van der Waals surface area contributed by atoms with Crippen LogP contribution in [0.2, 0.25) is 0 Å². The van der Waals surface area contributed by atoms with Gasteiger partial charge < -0.3 is 14.8 Å². The Bertz CT molecular complexity index is 1200. The molecule has 34 heavy (non-hydrogen) atoms. The fourth-order valence-corrected chi connectivity index (χ4v) is 2.92. The van der Waals surface area contributed by atoms with E-state index in [9.17, 15) is 9.59 Å². The van der Waals surface area contributed by atoms with Crippen molar-refractivity contribution in [3.63, 3.8) is 0 Å². The molecule has 0 spiro atoms. The Labute approximate surface area is 197 Å². The molecule has 0 aliphatic heterocycles. The van der Waals surface area contributed by atoms with Gasteiger partial charge in [-0.1, -0.05) is 18.2 Å². The van der Waals surface area contributed by atoms with Gasteiger partial charge in [-0.3, -0.25) is 9.59 Å². The summed E-state index contributed by atoms with van der Waals surface area (Å²) < 4.78 is 10.8. The maximum Gasteiger partial charge on any atom is 0.262 e. The number of amides is 2. The van der Waals surface area contributed by atoms with E-state index in [1.54, 1.807) is 68.6 Å². The number of ether oxygens (including phenoxy) is 2. The number of hydrogen-bond donors (Lipinski definition) is 2. The summed E-state index contributed by atoms with van der Waals surface area (Å²) in [5.74, 6) is 0.459. The minimum absolute atomic E-state index is 0.285. The molecular weight excluding hydrogens is 432 g/mol. The lowest BCUT2D eigenvalue weighted by atomic mass is 10.1. The average molecular weight is 457 g/mol. The molecule has 3 aromatic rings. The number of methoxy groups -OCH3 is 1. The zero-order valence-corrected chi connectivity index (χ0v) is 18.8. The van der Waals surface area contributed by atoms with Gasteiger partial charge in [-0.2, -0.15) is 10.4 Å². The van der Waals surface area contributed by atoms with Crippen LogP contribution in [0.5, 0.6) is 11.5 Å². The summed E-state index contributed by atoms with van der Waals surface area (Å²) in [6.07, 6.45) is 1.49. The van der Waals surface area contributed by atoms with Crippen LogP contribution in [0.3, 0.4) is 0 Å². The smallest absolute Gasteiger partial charge is 0.262 e. The molecule has 3 aromatic carbocycles. The number of hydrogen-bond acceptors (Lipinski definition) is 6. The summed E-state index contributed by atoms with van der Waals surface area (Å²) in [7, 11) is 1.54. The van der Waals surface area contributed by atoms with Crippen molar-refractivity contribution in [1.82, 2.24) is 10.7 Å². The number of rotatable bonds is 9. The molecule has 0 aliphatic rings. The second-order valence-corrected chi connectivity index (χ2v) is 7.28. The highest BCUT2D eigenvalue weighted by Gasteiger charge is 2.16. The summed E-state index contributed by atoms with van der Waals surface area (Å²) in [4.78, 5) is 24.5. The predicted octanol–water partition coefficient (Wildman–Crippen LogP) is 3.41. The summed E-state index contributed by atoms with van der Waals surface area (Å²) in [5.41, 5.74) is 4.97. The van der Waals surface area contributed by atoms with Gasteiger partial charge in [-0.05, 0) is 67.1 Å². The SMILES string of the molecule is COc1ccc(C(=O)NC(C)C(=O)NN=Cc2ccc(OCc3ccccc3C#N)cc2)cc1. The van der Waals surface area contributed by atoms with E-state index >= 15 is 0 Å². The molecule has 2 amide bonds. The first-order valence-electron chi connectivity index (χ1n) is 10.5. The van der Waals surface area contributed by atoms with E-state index in [2.05, 4.69) is 21.9 Å². The molecule has 0 saturated carbocycles. The lowest BCUT2D eigenvalue weighted by molar-refractivity contribution is -0.122. The fraction of sp³-hybridized carbons (Fsp3) is 0.154. The quantitative estimate of drug-likeness (QED) is 0.378. The van der Waals surface area contributed by atoms with Gasteiger partial charge in [0.05, 0.1) is 25.0 Å². The maximum absolute atomic E-state index is 12.3. The summed E-state index contributed by atoms with van der Waals surface area (Å²) >= 11 is 0. The van der Waals surface area contributed by atoms with Crippen LogP contribution in [0, 0.1) is 11.3 Å². The van der Waals surface area contributed by atoms with Crippen LogP contribution >= 0.6 is 0 Å². The van der Waals surface area contributed by atoms with Gasteiger partial charge in [-0.15, -0.1) is 0 Å². The first-order valence-corrected chi connectivity index (χ1v) is 10.5. The van der Waals surface area contributed by atoms with Crippen molar-refractivity contribution < 1.29 is 19.1 Å². The van der Waals surface area contributed by atoms with E-state index in [0.717, 1.165) is 11.1 Å². The van der Waals surface area contributed by atoms with Gasteiger partial charge in [0.2, 0.25) is 0 Å². The van der Waals surface area contributed by atoms with Crippen molar-refractivity contribution in [2.75, 3.05) is 7.11 Å². The Morgan fingerprint density at radius 2 is 1.71 bits per heavy atom. The highest BCUT2D eigenvalue weighted by molar-refractivity contribution is 5.97. The van der Waals surface area contributed by atoms with Crippen LogP contribution < -0.4 is 20.2 Å². The molecule has 0 bridgehead atoms. The van der Waals surface area contributed by atoms with E-state index in [0.29, 0.717) is 22.6 Å². The van der Waals surface area contributed by atoms with Crippen molar-refractivity contribution >= 4 is 18.0 Å². The molecule has 8 heteroatoms. The van der Waals surface area contributed by atoms with Gasteiger partial charge in [0.15, 0.2) is 0 Å². The number of carbonyl (C=O) groups is 2. The first kappa shape index (κ1) is 24.0. The molecule has 3 rings (SSSR count). The fourth-order valence-electron chi connectivity index (χ4n) is 2.92. The molecule has 0 saturated heterocycles. The maximum atomic E-state index is 12.3. The Balaban J connectivity index is 1.47. The largest absolute Gasteiger partial charge is 0.497 e. The molecule has 2 N–H and O–H groups in total. The number of benzene rings is 3. The van der Waals surface area contributed by atoms with Crippen molar-refractivity contribution in [2.24, 2.45) is 5.10 Å². The second-order valence-electron chi connectivity index (χ2n) is 7.28. The van der Waals surface area contributed by atoms with E-state index in [-0.39, 0.29) is 12.5 Å². The topological polar surface area (TPSA) is 113 Å². The van der Waals surface area contributed by atoms with Gasteiger partial charge in [0.1, 0.15) is 24.1 Å². The van der Waals surface area contributed by atoms with Crippen LogP contribution in [0.25, 0.3) is 0 Å². The number of hydrazone groups is 1. The molecule has 0 radical (unpaired) electrons. The number of carbonyl (C=O) groups excluding carboxylic acids is 2. The molecule has 0 heterocycles. The standard InChI is InChI=1S/C26H24N4O4/c1-18(29-26(32)20-9-13-23(33-2)14-10-20)25(31)30-28-16-19-7-11-24(12-8-19)34-17-22-6-4-3-5-21(22)15-27/h3-14,16,18H,17H2,1-2H3,(H,29,32)(H,30,31). The molecule has 0 aliphatic carbocycles. The van der Waals surface area contributed by atoms with E-state index in [1.165, 1.54) is 6.21 Å². The highest BCUT2D eigenvalue weighted by Crippen LogP contribution is 2.15. The zero-order chi connectivity index (χ0) is 24.3. The third-order valence-electron chi connectivity index (χ3n) is 4.89. The van der Waals surface area contributed by atoms with Gasteiger partial charge >= 0.3 is 0 Å². The van der Waals surface area contributed by atoms with E-state index in [4.69, 9.17) is 14.7 Å². The van der Waals surface area contributed by atoms with Crippen molar-refractivity contribution in [3.05, 3.63) is 95.1 Å². The monoisotopic (exact) mass is 456 g/mol. The number of nitriles is 1. The van der Waals surface area contributed by atoms with Gasteiger partial charge in [-0.25, -0.2) is 5.43 Å².